The highest BCUT2D eigenvalue weighted by Crippen LogP contribution is 2.44. The van der Waals surface area contributed by atoms with Gasteiger partial charge in [0.25, 0.3) is 0 Å². The summed E-state index contributed by atoms with van der Waals surface area (Å²) in [7, 11) is -2.99. The molecule has 0 radical (unpaired) electrons. The third-order valence-corrected chi connectivity index (χ3v) is 4.93. The molecule has 2 rings (SSSR count). The van der Waals surface area contributed by atoms with Crippen molar-refractivity contribution in [2.75, 3.05) is 18.1 Å². The number of ether oxygens (including phenoxy) is 1. The van der Waals surface area contributed by atoms with Crippen LogP contribution in [-0.2, 0) is 19.4 Å². The molecule has 14 heavy (non-hydrogen) atoms. The highest BCUT2D eigenvalue weighted by molar-refractivity contribution is 7.91. The molecular formula is C8H13NO4S. The molecule has 6 heteroatoms. The molecule has 2 aliphatic rings. The van der Waals surface area contributed by atoms with Crippen molar-refractivity contribution in [3.05, 3.63) is 0 Å². The van der Waals surface area contributed by atoms with Gasteiger partial charge in [0.15, 0.2) is 9.84 Å². The van der Waals surface area contributed by atoms with E-state index in [0.717, 1.165) is 0 Å². The standard InChI is InChI=1S/C8H13NO4S/c9-4-6-8(3-7(10)13-6)1-2-14(11,12)5-8/h6H,1-5,9H2. The molecule has 80 valence electrons. The summed E-state index contributed by atoms with van der Waals surface area (Å²) in [5.41, 5.74) is 4.94. The van der Waals surface area contributed by atoms with Gasteiger partial charge in [0.2, 0.25) is 0 Å². The lowest BCUT2D eigenvalue weighted by molar-refractivity contribution is -0.141. The van der Waals surface area contributed by atoms with Gasteiger partial charge in [-0.1, -0.05) is 0 Å². The predicted octanol–water partition coefficient (Wildman–Crippen LogP) is -0.935. The van der Waals surface area contributed by atoms with Gasteiger partial charge >= 0.3 is 5.97 Å². The zero-order valence-corrected chi connectivity index (χ0v) is 8.55. The average Bonchev–Trinajstić information content (AvgIpc) is 2.53. The van der Waals surface area contributed by atoms with E-state index in [4.69, 9.17) is 10.5 Å². The summed E-state index contributed by atoms with van der Waals surface area (Å²) in [5, 5.41) is 0. The summed E-state index contributed by atoms with van der Waals surface area (Å²) in [6, 6.07) is 0. The van der Waals surface area contributed by atoms with Crippen molar-refractivity contribution in [2.24, 2.45) is 11.1 Å². The second-order valence-corrected chi connectivity index (χ2v) is 6.28. The maximum absolute atomic E-state index is 11.4. The molecule has 2 unspecified atom stereocenters. The van der Waals surface area contributed by atoms with Gasteiger partial charge in [-0.05, 0) is 6.42 Å². The van der Waals surface area contributed by atoms with Gasteiger partial charge in [-0.25, -0.2) is 8.42 Å². The van der Waals surface area contributed by atoms with Gasteiger partial charge in [-0.15, -0.1) is 0 Å². The number of nitrogens with two attached hydrogens (primary N) is 1. The smallest absolute Gasteiger partial charge is 0.306 e. The van der Waals surface area contributed by atoms with E-state index in [1.165, 1.54) is 0 Å². The average molecular weight is 219 g/mol. The van der Waals surface area contributed by atoms with E-state index in [1.807, 2.05) is 0 Å². The minimum Gasteiger partial charge on any atom is -0.460 e. The van der Waals surface area contributed by atoms with Gasteiger partial charge < -0.3 is 10.5 Å². The van der Waals surface area contributed by atoms with Crippen LogP contribution < -0.4 is 5.73 Å². The summed E-state index contributed by atoms with van der Waals surface area (Å²) >= 11 is 0. The molecule has 1 spiro atoms. The van der Waals surface area contributed by atoms with E-state index in [9.17, 15) is 13.2 Å². The van der Waals surface area contributed by atoms with E-state index >= 15 is 0 Å². The number of esters is 1. The Balaban J connectivity index is 2.28. The molecule has 0 amide bonds. The first kappa shape index (κ1) is 9.92. The van der Waals surface area contributed by atoms with Crippen molar-refractivity contribution in [1.29, 1.82) is 0 Å². The van der Waals surface area contributed by atoms with Crippen LogP contribution in [0.5, 0.6) is 0 Å². The minimum atomic E-state index is -2.99. The van der Waals surface area contributed by atoms with E-state index < -0.39 is 21.4 Å². The molecule has 0 aromatic heterocycles. The van der Waals surface area contributed by atoms with Crippen molar-refractivity contribution in [1.82, 2.24) is 0 Å². The minimum absolute atomic E-state index is 0.0492. The highest BCUT2D eigenvalue weighted by atomic mass is 32.2. The molecule has 2 heterocycles. The maximum Gasteiger partial charge on any atom is 0.306 e. The monoisotopic (exact) mass is 219 g/mol. The van der Waals surface area contributed by atoms with Gasteiger partial charge in [-0.3, -0.25) is 4.79 Å². The molecule has 5 nitrogen and oxygen atoms in total. The van der Waals surface area contributed by atoms with E-state index in [2.05, 4.69) is 0 Å². The number of rotatable bonds is 1. The normalized spacial score (nSPS) is 40.4. The van der Waals surface area contributed by atoms with Crippen molar-refractivity contribution < 1.29 is 17.9 Å². The molecule has 2 fully saturated rings. The van der Waals surface area contributed by atoms with Crippen molar-refractivity contribution in [2.45, 2.75) is 18.9 Å². The summed E-state index contributed by atoms with van der Waals surface area (Å²) in [6.45, 7) is 0.210. The molecule has 0 aromatic rings. The van der Waals surface area contributed by atoms with Crippen LogP contribution in [0.3, 0.4) is 0 Å². The maximum atomic E-state index is 11.4. The van der Waals surface area contributed by atoms with Crippen molar-refractivity contribution >= 4 is 15.8 Å². The quantitative estimate of drug-likeness (QED) is 0.575. The first-order chi connectivity index (χ1) is 6.47. The van der Waals surface area contributed by atoms with Crippen molar-refractivity contribution in [3.8, 4) is 0 Å². The number of sulfone groups is 1. The first-order valence-corrected chi connectivity index (χ1v) is 6.40. The third kappa shape index (κ3) is 1.42. The first-order valence-electron chi connectivity index (χ1n) is 4.57. The predicted molar refractivity (Wildman–Crippen MR) is 49.3 cm³/mol. The summed E-state index contributed by atoms with van der Waals surface area (Å²) < 4.78 is 27.7. The number of carbonyl (C=O) groups excluding carboxylic acids is 1. The van der Waals surface area contributed by atoms with Crippen LogP contribution in [0.2, 0.25) is 0 Å². The number of hydrogen-bond acceptors (Lipinski definition) is 5. The summed E-state index contributed by atoms with van der Waals surface area (Å²) in [5.74, 6) is -0.120. The largest absolute Gasteiger partial charge is 0.460 e. The van der Waals surface area contributed by atoms with Crippen LogP contribution in [0.4, 0.5) is 0 Å². The second-order valence-electron chi connectivity index (χ2n) is 4.10. The molecule has 2 saturated heterocycles. The Morgan fingerprint density at radius 3 is 2.79 bits per heavy atom. The van der Waals surface area contributed by atoms with Gasteiger partial charge in [0, 0.05) is 12.0 Å². The Morgan fingerprint density at radius 1 is 1.57 bits per heavy atom. The lowest BCUT2D eigenvalue weighted by Gasteiger charge is -2.24. The van der Waals surface area contributed by atoms with Crippen LogP contribution in [0.25, 0.3) is 0 Å². The summed E-state index contributed by atoms with van der Waals surface area (Å²) in [4.78, 5) is 11.1. The second kappa shape index (κ2) is 2.93. The molecule has 0 saturated carbocycles. The summed E-state index contributed by atoms with van der Waals surface area (Å²) in [6.07, 6.45) is 0.295. The topological polar surface area (TPSA) is 86.5 Å². The molecule has 0 aromatic carbocycles. The Hall–Kier alpha value is -0.620. The van der Waals surface area contributed by atoms with Gasteiger partial charge in [-0.2, -0.15) is 0 Å². The number of hydrogen-bond donors (Lipinski definition) is 1. The fourth-order valence-electron chi connectivity index (χ4n) is 2.36. The third-order valence-electron chi connectivity index (χ3n) is 3.09. The van der Waals surface area contributed by atoms with E-state index in [-0.39, 0.29) is 30.4 Å². The van der Waals surface area contributed by atoms with Crippen LogP contribution in [-0.4, -0.2) is 38.5 Å². The molecule has 0 bridgehead atoms. The van der Waals surface area contributed by atoms with Crippen LogP contribution >= 0.6 is 0 Å². The SMILES string of the molecule is NCC1OC(=O)CC12CCS(=O)(=O)C2. The van der Waals surface area contributed by atoms with Gasteiger partial charge in [0.1, 0.15) is 6.10 Å². The Labute approximate surface area is 82.5 Å². The lowest BCUT2D eigenvalue weighted by Crippen LogP contribution is -2.37. The fraction of sp³-hybridized carbons (Fsp3) is 0.875. The number of carbonyl (C=O) groups is 1. The van der Waals surface area contributed by atoms with Crippen molar-refractivity contribution in [3.63, 3.8) is 0 Å². The Kier molecular flexibility index (Phi) is 2.08. The molecule has 2 N–H and O–H groups in total. The molecule has 2 atom stereocenters. The number of cyclic esters (lactones) is 1. The zero-order chi connectivity index (χ0) is 10.4. The van der Waals surface area contributed by atoms with Crippen LogP contribution in [0.1, 0.15) is 12.8 Å². The van der Waals surface area contributed by atoms with Gasteiger partial charge in [0.05, 0.1) is 17.9 Å². The molecule has 0 aliphatic carbocycles. The van der Waals surface area contributed by atoms with Crippen LogP contribution in [0, 0.1) is 5.41 Å². The lowest BCUT2D eigenvalue weighted by atomic mass is 9.80. The Bertz CT molecular complexity index is 364. The molecule has 2 aliphatic heterocycles. The fourth-order valence-corrected chi connectivity index (χ4v) is 4.53. The van der Waals surface area contributed by atoms with E-state index in [1.54, 1.807) is 0 Å². The highest BCUT2D eigenvalue weighted by Gasteiger charge is 2.54. The Morgan fingerprint density at radius 2 is 2.29 bits per heavy atom. The molecular weight excluding hydrogens is 206 g/mol. The van der Waals surface area contributed by atoms with E-state index in [0.29, 0.717) is 6.42 Å². The zero-order valence-electron chi connectivity index (χ0n) is 7.73. The van der Waals surface area contributed by atoms with Crippen LogP contribution in [0.15, 0.2) is 0 Å².